The number of anilines is 1. The molecule has 0 unspecified atom stereocenters. The summed E-state index contributed by atoms with van der Waals surface area (Å²) in [6.45, 7) is 0.269. The molecular weight excluding hydrogens is 448 g/mol. The molecule has 2 amide bonds. The van der Waals surface area contributed by atoms with Gasteiger partial charge in [-0.2, -0.15) is 0 Å². The van der Waals surface area contributed by atoms with Gasteiger partial charge < -0.3 is 14.8 Å². The van der Waals surface area contributed by atoms with Crippen LogP contribution in [0.3, 0.4) is 0 Å². The van der Waals surface area contributed by atoms with E-state index in [1.807, 2.05) is 29.6 Å². The van der Waals surface area contributed by atoms with Crippen molar-refractivity contribution in [2.24, 2.45) is 0 Å². The van der Waals surface area contributed by atoms with E-state index < -0.39 is 0 Å². The predicted octanol–water partition coefficient (Wildman–Crippen LogP) is 4.85. The second-order valence-electron chi connectivity index (χ2n) is 7.06. The summed E-state index contributed by atoms with van der Waals surface area (Å²) < 4.78 is 10.6. The number of hydrogen-bond donors (Lipinski definition) is 1. The summed E-state index contributed by atoms with van der Waals surface area (Å²) in [7, 11) is 3.10. The van der Waals surface area contributed by atoms with Crippen LogP contribution in [0.15, 0.2) is 65.7 Å². The lowest BCUT2D eigenvalue weighted by molar-refractivity contribution is -0.136. The molecule has 2 heterocycles. The number of ether oxygens (including phenoxy) is 2. The Labute approximate surface area is 195 Å². The van der Waals surface area contributed by atoms with E-state index in [-0.39, 0.29) is 24.1 Å². The van der Waals surface area contributed by atoms with Crippen LogP contribution >= 0.6 is 22.9 Å². The molecule has 1 N–H and O–H groups in total. The first-order valence-corrected chi connectivity index (χ1v) is 11.2. The first-order chi connectivity index (χ1) is 15.5. The highest BCUT2D eigenvalue weighted by Crippen LogP contribution is 2.35. The molecule has 2 aromatic carbocycles. The standard InChI is InChI=1S/C24H21ClN2O4S/c1-30-18-10-9-17(14-19(18)31-2)26-22-21(20-4-3-13-32-20)23(28)27(24(22)29)12-11-15-5-7-16(25)8-6-15/h3-10,13-14,26H,11-12H2,1-2H3. The lowest BCUT2D eigenvalue weighted by atomic mass is 10.1. The van der Waals surface area contributed by atoms with Gasteiger partial charge in [-0.15, -0.1) is 11.3 Å². The van der Waals surface area contributed by atoms with Crippen molar-refractivity contribution in [3.05, 3.63) is 81.1 Å². The van der Waals surface area contributed by atoms with Crippen LogP contribution in [0.5, 0.6) is 11.5 Å². The number of halogens is 1. The molecular formula is C24H21ClN2O4S. The number of rotatable bonds is 8. The van der Waals surface area contributed by atoms with Gasteiger partial charge in [-0.05, 0) is 47.7 Å². The maximum absolute atomic E-state index is 13.3. The van der Waals surface area contributed by atoms with Crippen molar-refractivity contribution in [2.45, 2.75) is 6.42 Å². The number of benzene rings is 2. The van der Waals surface area contributed by atoms with E-state index in [0.717, 1.165) is 10.4 Å². The summed E-state index contributed by atoms with van der Waals surface area (Å²) in [5.74, 6) is 0.424. The Morgan fingerprint density at radius 2 is 1.72 bits per heavy atom. The van der Waals surface area contributed by atoms with Gasteiger partial charge in [0.2, 0.25) is 0 Å². The number of amides is 2. The van der Waals surface area contributed by atoms with Crippen molar-refractivity contribution < 1.29 is 19.1 Å². The van der Waals surface area contributed by atoms with Crippen molar-refractivity contribution >= 4 is 46.0 Å². The molecule has 3 aromatic rings. The predicted molar refractivity (Wildman–Crippen MR) is 126 cm³/mol. The Balaban J connectivity index is 1.62. The van der Waals surface area contributed by atoms with E-state index in [2.05, 4.69) is 5.32 Å². The Hall–Kier alpha value is -3.29. The van der Waals surface area contributed by atoms with Gasteiger partial charge in [-0.3, -0.25) is 14.5 Å². The van der Waals surface area contributed by atoms with E-state index in [1.54, 1.807) is 44.6 Å². The molecule has 1 aliphatic heterocycles. The van der Waals surface area contributed by atoms with Gasteiger partial charge in [-0.1, -0.05) is 29.8 Å². The van der Waals surface area contributed by atoms with Crippen LogP contribution in [0.1, 0.15) is 10.4 Å². The highest BCUT2D eigenvalue weighted by molar-refractivity contribution is 7.11. The molecule has 0 aliphatic carbocycles. The van der Waals surface area contributed by atoms with Gasteiger partial charge in [0.05, 0.1) is 19.8 Å². The lowest BCUT2D eigenvalue weighted by Crippen LogP contribution is -2.34. The van der Waals surface area contributed by atoms with Crippen LogP contribution in [-0.2, 0) is 16.0 Å². The molecule has 0 fully saturated rings. The lowest BCUT2D eigenvalue weighted by Gasteiger charge is -2.15. The molecule has 0 saturated heterocycles. The number of nitrogens with one attached hydrogen (secondary N) is 1. The van der Waals surface area contributed by atoms with Crippen molar-refractivity contribution in [3.8, 4) is 11.5 Å². The van der Waals surface area contributed by atoms with Crippen LogP contribution in [0, 0.1) is 0 Å². The number of carbonyl (C=O) groups excluding carboxylic acids is 2. The van der Waals surface area contributed by atoms with Crippen molar-refractivity contribution in [3.63, 3.8) is 0 Å². The smallest absolute Gasteiger partial charge is 0.278 e. The summed E-state index contributed by atoms with van der Waals surface area (Å²) in [5.41, 5.74) is 2.23. The van der Waals surface area contributed by atoms with Crippen molar-refractivity contribution in [2.75, 3.05) is 26.1 Å². The molecule has 0 radical (unpaired) electrons. The van der Waals surface area contributed by atoms with Crippen molar-refractivity contribution in [1.29, 1.82) is 0 Å². The second-order valence-corrected chi connectivity index (χ2v) is 8.44. The topological polar surface area (TPSA) is 67.9 Å². The zero-order valence-electron chi connectivity index (χ0n) is 17.6. The van der Waals surface area contributed by atoms with E-state index in [0.29, 0.717) is 34.2 Å². The molecule has 0 spiro atoms. The number of thiophene rings is 1. The molecule has 1 aliphatic rings. The third kappa shape index (κ3) is 4.35. The van der Waals surface area contributed by atoms with Crippen LogP contribution in [0.25, 0.3) is 5.57 Å². The zero-order chi connectivity index (χ0) is 22.7. The third-order valence-electron chi connectivity index (χ3n) is 5.13. The van der Waals surface area contributed by atoms with Crippen LogP contribution in [0.2, 0.25) is 5.02 Å². The Bertz CT molecular complexity index is 1170. The van der Waals surface area contributed by atoms with Crippen LogP contribution in [0.4, 0.5) is 5.69 Å². The van der Waals surface area contributed by atoms with Crippen LogP contribution < -0.4 is 14.8 Å². The van der Waals surface area contributed by atoms with Gasteiger partial charge in [-0.25, -0.2) is 0 Å². The monoisotopic (exact) mass is 468 g/mol. The van der Waals surface area contributed by atoms with Gasteiger partial charge in [0.1, 0.15) is 5.70 Å². The third-order valence-corrected chi connectivity index (χ3v) is 6.27. The maximum atomic E-state index is 13.3. The number of imide groups is 1. The van der Waals surface area contributed by atoms with Gasteiger partial charge in [0.15, 0.2) is 11.5 Å². The van der Waals surface area contributed by atoms with E-state index >= 15 is 0 Å². The molecule has 0 bridgehead atoms. The molecule has 32 heavy (non-hydrogen) atoms. The highest BCUT2D eigenvalue weighted by Gasteiger charge is 2.39. The highest BCUT2D eigenvalue weighted by atomic mass is 35.5. The Kier molecular flexibility index (Phi) is 6.48. The number of nitrogens with zero attached hydrogens (tertiary/aromatic N) is 1. The fourth-order valence-electron chi connectivity index (χ4n) is 3.49. The summed E-state index contributed by atoms with van der Waals surface area (Å²) >= 11 is 7.36. The summed E-state index contributed by atoms with van der Waals surface area (Å²) in [6.07, 6.45) is 0.538. The SMILES string of the molecule is COc1ccc(NC2=C(c3cccs3)C(=O)N(CCc3ccc(Cl)cc3)C2=O)cc1OC. The van der Waals surface area contributed by atoms with E-state index in [1.165, 1.54) is 16.2 Å². The van der Waals surface area contributed by atoms with Crippen LogP contribution in [-0.4, -0.2) is 37.5 Å². The first kappa shape index (κ1) is 21.9. The largest absolute Gasteiger partial charge is 0.493 e. The molecule has 4 rings (SSSR count). The molecule has 6 nitrogen and oxygen atoms in total. The van der Waals surface area contributed by atoms with E-state index in [4.69, 9.17) is 21.1 Å². The molecule has 0 atom stereocenters. The Morgan fingerprint density at radius 3 is 2.38 bits per heavy atom. The Morgan fingerprint density at radius 1 is 0.969 bits per heavy atom. The zero-order valence-corrected chi connectivity index (χ0v) is 19.1. The number of hydrogen-bond acceptors (Lipinski definition) is 6. The minimum atomic E-state index is -0.359. The van der Waals surface area contributed by atoms with Gasteiger partial charge in [0.25, 0.3) is 11.8 Å². The van der Waals surface area contributed by atoms with Gasteiger partial charge >= 0.3 is 0 Å². The normalized spacial score (nSPS) is 13.7. The summed E-state index contributed by atoms with van der Waals surface area (Å²) in [6, 6.07) is 16.3. The van der Waals surface area contributed by atoms with Crippen molar-refractivity contribution in [1.82, 2.24) is 4.90 Å². The fraction of sp³-hybridized carbons (Fsp3) is 0.167. The van der Waals surface area contributed by atoms with Gasteiger partial charge in [0, 0.05) is 28.2 Å². The minimum absolute atomic E-state index is 0.251. The summed E-state index contributed by atoms with van der Waals surface area (Å²) in [5, 5.41) is 5.67. The average Bonchev–Trinajstić information content (AvgIpc) is 3.40. The average molecular weight is 469 g/mol. The molecule has 8 heteroatoms. The quantitative estimate of drug-likeness (QED) is 0.478. The first-order valence-electron chi connectivity index (χ1n) is 9.89. The number of carbonyl (C=O) groups is 2. The molecule has 0 saturated carbocycles. The fourth-order valence-corrected chi connectivity index (χ4v) is 4.39. The molecule has 1 aromatic heterocycles. The molecule has 164 valence electrons. The maximum Gasteiger partial charge on any atom is 0.278 e. The number of methoxy groups -OCH3 is 2. The minimum Gasteiger partial charge on any atom is -0.493 e. The van der Waals surface area contributed by atoms with E-state index in [9.17, 15) is 9.59 Å². The summed E-state index contributed by atoms with van der Waals surface area (Å²) in [4.78, 5) is 28.6. The second kappa shape index (κ2) is 9.46.